The fourth-order valence-corrected chi connectivity index (χ4v) is 1.95. The standard InChI is InChI=1S/C13H15F3N6O/c1-12(2,8-6-22(3)21-20-8)19-11(23)7-4-5-18-10(9(7)17)13(14,15)16/h4-6H,17H2,1-3H3,(H,19,23). The minimum Gasteiger partial charge on any atom is -0.396 e. The molecule has 3 N–H and O–H groups in total. The molecule has 2 heterocycles. The first-order valence-electron chi connectivity index (χ1n) is 6.53. The Hall–Kier alpha value is -2.65. The minimum absolute atomic E-state index is 0.302. The van der Waals surface area contributed by atoms with Crippen molar-refractivity contribution in [3.05, 3.63) is 35.4 Å². The van der Waals surface area contributed by atoms with Gasteiger partial charge in [-0.15, -0.1) is 5.10 Å². The second kappa shape index (κ2) is 5.52. The second-order valence-electron chi connectivity index (χ2n) is 5.48. The van der Waals surface area contributed by atoms with Gasteiger partial charge in [-0.25, -0.2) is 4.98 Å². The Morgan fingerprint density at radius 3 is 2.52 bits per heavy atom. The van der Waals surface area contributed by atoms with E-state index >= 15 is 0 Å². The number of rotatable bonds is 3. The summed E-state index contributed by atoms with van der Waals surface area (Å²) in [7, 11) is 1.66. The summed E-state index contributed by atoms with van der Waals surface area (Å²) in [5.74, 6) is -0.758. The number of nitrogen functional groups attached to an aromatic ring is 1. The van der Waals surface area contributed by atoms with E-state index in [4.69, 9.17) is 5.73 Å². The van der Waals surface area contributed by atoms with Crippen LogP contribution in [0.2, 0.25) is 0 Å². The summed E-state index contributed by atoms with van der Waals surface area (Å²) in [6.45, 7) is 3.30. The highest BCUT2D eigenvalue weighted by Gasteiger charge is 2.37. The number of nitrogens with two attached hydrogens (primary N) is 1. The highest BCUT2D eigenvalue weighted by molar-refractivity contribution is 5.99. The van der Waals surface area contributed by atoms with Crippen LogP contribution in [-0.4, -0.2) is 25.9 Å². The van der Waals surface area contributed by atoms with Crippen molar-refractivity contribution in [2.45, 2.75) is 25.6 Å². The number of hydrogen-bond acceptors (Lipinski definition) is 5. The fourth-order valence-electron chi connectivity index (χ4n) is 1.95. The molecule has 2 rings (SSSR count). The topological polar surface area (TPSA) is 98.7 Å². The Balaban J connectivity index is 2.31. The highest BCUT2D eigenvalue weighted by Crippen LogP contribution is 2.33. The molecule has 10 heteroatoms. The summed E-state index contributed by atoms with van der Waals surface area (Å²) in [4.78, 5) is 15.5. The largest absolute Gasteiger partial charge is 0.435 e. The zero-order valence-corrected chi connectivity index (χ0v) is 12.6. The number of hydrogen-bond donors (Lipinski definition) is 2. The van der Waals surface area contributed by atoms with Crippen molar-refractivity contribution < 1.29 is 18.0 Å². The van der Waals surface area contributed by atoms with Crippen molar-refractivity contribution in [1.82, 2.24) is 25.3 Å². The van der Waals surface area contributed by atoms with Crippen LogP contribution in [0.5, 0.6) is 0 Å². The maximum absolute atomic E-state index is 12.8. The first-order chi connectivity index (χ1) is 10.5. The number of aryl methyl sites for hydroxylation is 1. The van der Waals surface area contributed by atoms with Gasteiger partial charge >= 0.3 is 6.18 Å². The van der Waals surface area contributed by atoms with Crippen molar-refractivity contribution in [2.24, 2.45) is 7.05 Å². The molecule has 0 fully saturated rings. The van der Waals surface area contributed by atoms with Crippen molar-refractivity contribution in [3.8, 4) is 0 Å². The lowest BCUT2D eigenvalue weighted by Gasteiger charge is -2.24. The summed E-state index contributed by atoms with van der Waals surface area (Å²) >= 11 is 0. The molecule has 0 saturated heterocycles. The number of nitrogens with one attached hydrogen (secondary N) is 1. The van der Waals surface area contributed by atoms with Gasteiger partial charge in [-0.2, -0.15) is 13.2 Å². The number of halogens is 3. The lowest BCUT2D eigenvalue weighted by atomic mass is 10.0. The Morgan fingerprint density at radius 1 is 1.35 bits per heavy atom. The van der Waals surface area contributed by atoms with Crippen LogP contribution in [0.3, 0.4) is 0 Å². The van der Waals surface area contributed by atoms with E-state index in [1.807, 2.05) is 0 Å². The second-order valence-corrected chi connectivity index (χ2v) is 5.48. The van der Waals surface area contributed by atoms with Crippen molar-refractivity contribution in [3.63, 3.8) is 0 Å². The average molecular weight is 328 g/mol. The minimum atomic E-state index is -4.74. The van der Waals surface area contributed by atoms with E-state index in [0.717, 1.165) is 12.3 Å². The van der Waals surface area contributed by atoms with Crippen molar-refractivity contribution >= 4 is 11.6 Å². The first kappa shape index (κ1) is 16.7. The van der Waals surface area contributed by atoms with Gasteiger partial charge in [0.05, 0.1) is 23.0 Å². The fraction of sp³-hybridized carbons (Fsp3) is 0.385. The predicted octanol–water partition coefficient (Wildman–Crippen LogP) is 1.48. The van der Waals surface area contributed by atoms with E-state index < -0.39 is 29.0 Å². The van der Waals surface area contributed by atoms with Gasteiger partial charge in [0.1, 0.15) is 5.69 Å². The maximum Gasteiger partial charge on any atom is 0.435 e. The van der Waals surface area contributed by atoms with E-state index in [1.165, 1.54) is 4.68 Å². The van der Waals surface area contributed by atoms with Gasteiger partial charge in [-0.05, 0) is 19.9 Å². The molecule has 1 amide bonds. The molecule has 0 bridgehead atoms. The monoisotopic (exact) mass is 328 g/mol. The Bertz CT molecular complexity index is 738. The summed E-state index contributed by atoms with van der Waals surface area (Å²) in [5.41, 5.74) is 2.66. The van der Waals surface area contributed by atoms with Gasteiger partial charge in [-0.3, -0.25) is 9.48 Å². The summed E-state index contributed by atoms with van der Waals surface area (Å²) in [5, 5.41) is 10.2. The Labute approximate surface area is 129 Å². The number of pyridine rings is 1. The summed E-state index contributed by atoms with van der Waals surface area (Å²) < 4.78 is 39.9. The van der Waals surface area contributed by atoms with Crippen molar-refractivity contribution in [2.75, 3.05) is 5.73 Å². The van der Waals surface area contributed by atoms with E-state index in [1.54, 1.807) is 27.1 Å². The normalized spacial score (nSPS) is 12.3. The van der Waals surface area contributed by atoms with E-state index in [9.17, 15) is 18.0 Å². The van der Waals surface area contributed by atoms with Crippen LogP contribution in [0, 0.1) is 0 Å². The molecule has 0 saturated carbocycles. The van der Waals surface area contributed by atoms with Crippen LogP contribution in [-0.2, 0) is 18.8 Å². The summed E-state index contributed by atoms with van der Waals surface area (Å²) in [6.07, 6.45) is -2.25. The number of amides is 1. The number of carbonyl (C=O) groups is 1. The smallest absolute Gasteiger partial charge is 0.396 e. The highest BCUT2D eigenvalue weighted by atomic mass is 19.4. The molecule has 0 aliphatic heterocycles. The van der Waals surface area contributed by atoms with E-state index in [2.05, 4.69) is 20.6 Å². The maximum atomic E-state index is 12.8. The van der Waals surface area contributed by atoms with Crippen LogP contribution in [0.4, 0.5) is 18.9 Å². The molecule has 0 aliphatic rings. The van der Waals surface area contributed by atoms with Crippen LogP contribution in [0.15, 0.2) is 18.5 Å². The van der Waals surface area contributed by atoms with Crippen LogP contribution in [0.1, 0.15) is 35.6 Å². The quantitative estimate of drug-likeness (QED) is 0.889. The number of alkyl halides is 3. The third-order valence-electron chi connectivity index (χ3n) is 3.17. The van der Waals surface area contributed by atoms with Crippen LogP contribution < -0.4 is 11.1 Å². The number of carbonyl (C=O) groups excluding carboxylic acids is 1. The first-order valence-corrected chi connectivity index (χ1v) is 6.53. The lowest BCUT2D eigenvalue weighted by molar-refractivity contribution is -0.140. The van der Waals surface area contributed by atoms with E-state index in [-0.39, 0.29) is 5.56 Å². The van der Waals surface area contributed by atoms with Crippen molar-refractivity contribution in [1.29, 1.82) is 0 Å². The molecule has 0 aromatic carbocycles. The molecule has 7 nitrogen and oxygen atoms in total. The third-order valence-corrected chi connectivity index (χ3v) is 3.17. The zero-order chi connectivity index (χ0) is 17.4. The predicted molar refractivity (Wildman–Crippen MR) is 75.1 cm³/mol. The summed E-state index contributed by atoms with van der Waals surface area (Å²) in [6, 6.07) is 1.13. The van der Waals surface area contributed by atoms with Gasteiger partial charge in [0.15, 0.2) is 5.69 Å². The third kappa shape index (κ3) is 3.41. The molecular weight excluding hydrogens is 313 g/mol. The van der Waals surface area contributed by atoms with E-state index in [0.29, 0.717) is 5.69 Å². The molecular formula is C13H15F3N6O. The Morgan fingerprint density at radius 2 is 2.00 bits per heavy atom. The van der Waals surface area contributed by atoms with Gasteiger partial charge in [0.2, 0.25) is 0 Å². The molecule has 0 unspecified atom stereocenters. The molecule has 0 atom stereocenters. The molecule has 0 radical (unpaired) electrons. The van der Waals surface area contributed by atoms with Gasteiger partial charge in [0, 0.05) is 13.2 Å². The molecule has 23 heavy (non-hydrogen) atoms. The molecule has 0 spiro atoms. The van der Waals surface area contributed by atoms with Gasteiger partial charge in [-0.1, -0.05) is 5.21 Å². The molecule has 2 aromatic heterocycles. The van der Waals surface area contributed by atoms with Gasteiger partial charge < -0.3 is 11.1 Å². The molecule has 124 valence electrons. The molecule has 2 aromatic rings. The number of aromatic nitrogens is 4. The van der Waals surface area contributed by atoms with Crippen LogP contribution in [0.25, 0.3) is 0 Å². The number of nitrogens with zero attached hydrogens (tertiary/aromatic N) is 4. The van der Waals surface area contributed by atoms with Crippen LogP contribution >= 0.6 is 0 Å². The van der Waals surface area contributed by atoms with Gasteiger partial charge in [0.25, 0.3) is 5.91 Å². The molecule has 0 aliphatic carbocycles. The average Bonchev–Trinajstić information content (AvgIpc) is 2.84. The SMILES string of the molecule is Cn1cc(C(C)(C)NC(=O)c2ccnc(C(F)(F)F)c2N)nn1. The lowest BCUT2D eigenvalue weighted by Crippen LogP contribution is -2.41. The zero-order valence-electron chi connectivity index (χ0n) is 12.6. The Kier molecular flexibility index (Phi) is 4.01. The number of anilines is 1.